The summed E-state index contributed by atoms with van der Waals surface area (Å²) >= 11 is 0. The number of anilines is 1. The summed E-state index contributed by atoms with van der Waals surface area (Å²) in [5.74, 6) is 0.418. The first-order valence-electron chi connectivity index (χ1n) is 14.6. The molecule has 0 unspecified atom stereocenters. The lowest BCUT2D eigenvalue weighted by Crippen LogP contribution is -2.33. The van der Waals surface area contributed by atoms with Crippen LogP contribution in [-0.4, -0.2) is 46.5 Å². The summed E-state index contributed by atoms with van der Waals surface area (Å²) in [5, 5.41) is 2.69. The molecule has 4 aromatic rings. The fraction of sp³-hybridized carbons (Fsp3) is 0.222. The summed E-state index contributed by atoms with van der Waals surface area (Å²) in [6, 6.07) is 28.4. The Hall–Kier alpha value is -5.24. The van der Waals surface area contributed by atoms with E-state index >= 15 is 0 Å². The third-order valence-corrected chi connectivity index (χ3v) is 7.06. The van der Waals surface area contributed by atoms with Gasteiger partial charge in [-0.3, -0.25) is 19.8 Å². The van der Waals surface area contributed by atoms with Crippen LogP contribution in [0.15, 0.2) is 97.2 Å². The summed E-state index contributed by atoms with van der Waals surface area (Å²) in [7, 11) is 0. The second-order valence-corrected chi connectivity index (χ2v) is 11.3. The Morgan fingerprint density at radius 3 is 1.98 bits per heavy atom. The van der Waals surface area contributed by atoms with Crippen LogP contribution in [0.2, 0.25) is 0 Å². The number of amides is 3. The first-order valence-corrected chi connectivity index (χ1v) is 14.6. The van der Waals surface area contributed by atoms with Gasteiger partial charge < -0.3 is 9.47 Å². The van der Waals surface area contributed by atoms with E-state index in [1.807, 2.05) is 48.5 Å². The predicted molar refractivity (Wildman–Crippen MR) is 170 cm³/mol. The molecule has 44 heavy (non-hydrogen) atoms. The van der Waals surface area contributed by atoms with Gasteiger partial charge in [0.1, 0.15) is 23.8 Å². The molecule has 0 radical (unpaired) electrons. The SMILES string of the molecule is CC/C(=C(/c1ccc(OCCN2C(=O)c3ccccc3C2=O)cc1)c1ccc(NC(=O)OC(C)(C)C)nc1)c1ccccc1. The van der Waals surface area contributed by atoms with Crippen molar-refractivity contribution >= 4 is 34.9 Å². The van der Waals surface area contributed by atoms with Crippen LogP contribution >= 0.6 is 0 Å². The van der Waals surface area contributed by atoms with Gasteiger partial charge in [0.25, 0.3) is 11.8 Å². The number of hydrogen-bond acceptors (Lipinski definition) is 6. The van der Waals surface area contributed by atoms with Crippen LogP contribution in [0.4, 0.5) is 10.6 Å². The molecule has 1 aliphatic rings. The molecular formula is C36H35N3O5. The number of pyridine rings is 1. The van der Waals surface area contributed by atoms with Gasteiger partial charge in [-0.25, -0.2) is 9.78 Å². The Morgan fingerprint density at radius 1 is 0.795 bits per heavy atom. The van der Waals surface area contributed by atoms with Gasteiger partial charge in [-0.15, -0.1) is 0 Å². The van der Waals surface area contributed by atoms with Crippen molar-refractivity contribution in [1.82, 2.24) is 9.88 Å². The summed E-state index contributed by atoms with van der Waals surface area (Å²) in [6.07, 6.45) is 1.95. The molecule has 0 aliphatic carbocycles. The zero-order valence-electron chi connectivity index (χ0n) is 25.3. The molecule has 8 heteroatoms. The molecule has 224 valence electrons. The van der Waals surface area contributed by atoms with Crippen molar-refractivity contribution < 1.29 is 23.9 Å². The lowest BCUT2D eigenvalue weighted by molar-refractivity contribution is 0.0620. The van der Waals surface area contributed by atoms with Crippen LogP contribution in [0.5, 0.6) is 5.75 Å². The second-order valence-electron chi connectivity index (χ2n) is 11.3. The predicted octanol–water partition coefficient (Wildman–Crippen LogP) is 7.47. The normalized spacial score (nSPS) is 13.3. The number of aromatic nitrogens is 1. The quantitative estimate of drug-likeness (QED) is 0.161. The highest BCUT2D eigenvalue weighted by atomic mass is 16.6. The van der Waals surface area contributed by atoms with Crippen molar-refractivity contribution in [2.45, 2.75) is 39.7 Å². The highest BCUT2D eigenvalue weighted by Crippen LogP contribution is 2.35. The molecule has 5 rings (SSSR count). The molecule has 8 nitrogen and oxygen atoms in total. The number of hydrogen-bond donors (Lipinski definition) is 1. The van der Waals surface area contributed by atoms with Crippen LogP contribution < -0.4 is 10.1 Å². The third-order valence-electron chi connectivity index (χ3n) is 7.06. The van der Waals surface area contributed by atoms with Gasteiger partial charge in [0.05, 0.1) is 17.7 Å². The number of rotatable bonds is 9. The van der Waals surface area contributed by atoms with E-state index in [0.29, 0.717) is 22.7 Å². The van der Waals surface area contributed by atoms with Gasteiger partial charge in [0, 0.05) is 11.8 Å². The number of imide groups is 1. The van der Waals surface area contributed by atoms with Crippen LogP contribution in [0.3, 0.4) is 0 Å². The van der Waals surface area contributed by atoms with E-state index < -0.39 is 11.7 Å². The Kier molecular flexibility index (Phi) is 8.90. The summed E-state index contributed by atoms with van der Waals surface area (Å²) < 4.78 is 11.3. The third kappa shape index (κ3) is 6.86. The number of nitrogens with one attached hydrogen (secondary N) is 1. The van der Waals surface area contributed by atoms with Gasteiger partial charge in [-0.05, 0) is 85.9 Å². The molecule has 1 aliphatic heterocycles. The first kappa shape index (κ1) is 30.2. The van der Waals surface area contributed by atoms with Crippen molar-refractivity contribution in [2.24, 2.45) is 0 Å². The molecule has 0 spiro atoms. The minimum Gasteiger partial charge on any atom is -0.492 e. The smallest absolute Gasteiger partial charge is 0.413 e. The second kappa shape index (κ2) is 13.0. The molecule has 3 aromatic carbocycles. The van der Waals surface area contributed by atoms with Crippen molar-refractivity contribution in [3.8, 4) is 5.75 Å². The number of benzene rings is 3. The van der Waals surface area contributed by atoms with Crippen LogP contribution in [0.25, 0.3) is 11.1 Å². The summed E-state index contributed by atoms with van der Waals surface area (Å²) in [6.45, 7) is 7.87. The van der Waals surface area contributed by atoms with Gasteiger partial charge in [-0.1, -0.05) is 61.5 Å². The van der Waals surface area contributed by atoms with E-state index in [1.54, 1.807) is 57.3 Å². The maximum absolute atomic E-state index is 12.7. The Morgan fingerprint density at radius 2 is 1.41 bits per heavy atom. The molecule has 3 amide bonds. The van der Waals surface area contributed by atoms with E-state index in [0.717, 1.165) is 34.3 Å². The molecule has 0 saturated carbocycles. The minimum absolute atomic E-state index is 0.155. The zero-order chi connectivity index (χ0) is 31.3. The Balaban J connectivity index is 1.35. The van der Waals surface area contributed by atoms with Gasteiger partial charge in [-0.2, -0.15) is 0 Å². The van der Waals surface area contributed by atoms with E-state index in [-0.39, 0.29) is 25.0 Å². The number of carbonyl (C=O) groups is 3. The highest BCUT2D eigenvalue weighted by molar-refractivity contribution is 6.21. The van der Waals surface area contributed by atoms with Crippen molar-refractivity contribution in [3.63, 3.8) is 0 Å². The van der Waals surface area contributed by atoms with E-state index in [4.69, 9.17) is 9.47 Å². The fourth-order valence-corrected chi connectivity index (χ4v) is 5.12. The largest absolute Gasteiger partial charge is 0.492 e. The number of ether oxygens (including phenoxy) is 2. The lowest BCUT2D eigenvalue weighted by atomic mass is 9.89. The molecule has 0 fully saturated rings. The average molecular weight is 590 g/mol. The van der Waals surface area contributed by atoms with Crippen LogP contribution in [0.1, 0.15) is 71.5 Å². The Labute approximate surface area is 257 Å². The number of nitrogens with zero attached hydrogens (tertiary/aromatic N) is 2. The van der Waals surface area contributed by atoms with Crippen molar-refractivity contribution in [3.05, 3.63) is 125 Å². The number of carbonyl (C=O) groups excluding carboxylic acids is 3. The van der Waals surface area contributed by atoms with Crippen molar-refractivity contribution in [1.29, 1.82) is 0 Å². The maximum atomic E-state index is 12.7. The lowest BCUT2D eigenvalue weighted by Gasteiger charge is -2.20. The number of fused-ring (bicyclic) bond motifs is 1. The van der Waals surface area contributed by atoms with E-state index in [1.165, 1.54) is 4.90 Å². The standard InChI is InChI=1S/C36H35N3O5/c1-5-28(24-11-7-6-8-12-24)32(26-17-20-31(37-23-26)38-35(42)44-36(2,3)4)25-15-18-27(19-16-25)43-22-21-39-33(40)29-13-9-10-14-30(29)34(39)41/h6-20,23H,5,21-22H2,1-4H3,(H,37,38,42)/b32-28+. The van der Waals surface area contributed by atoms with Crippen molar-refractivity contribution in [2.75, 3.05) is 18.5 Å². The van der Waals surface area contributed by atoms with Gasteiger partial charge in [0.15, 0.2) is 0 Å². The summed E-state index contributed by atoms with van der Waals surface area (Å²) in [4.78, 5) is 43.3. The zero-order valence-corrected chi connectivity index (χ0v) is 25.3. The molecule has 2 heterocycles. The molecule has 0 saturated heterocycles. The fourth-order valence-electron chi connectivity index (χ4n) is 5.12. The minimum atomic E-state index is -0.615. The topological polar surface area (TPSA) is 97.8 Å². The van der Waals surface area contributed by atoms with Crippen LogP contribution in [0, 0.1) is 0 Å². The first-order chi connectivity index (χ1) is 21.1. The Bertz CT molecular complexity index is 1650. The monoisotopic (exact) mass is 589 g/mol. The number of allylic oxidation sites excluding steroid dienone is 1. The summed E-state index contributed by atoms with van der Waals surface area (Å²) in [5.41, 5.74) is 5.34. The average Bonchev–Trinajstić information content (AvgIpc) is 3.25. The molecule has 1 aromatic heterocycles. The van der Waals surface area contributed by atoms with Gasteiger partial charge >= 0.3 is 6.09 Å². The molecule has 0 bridgehead atoms. The highest BCUT2D eigenvalue weighted by Gasteiger charge is 2.34. The molecular weight excluding hydrogens is 554 g/mol. The van der Waals surface area contributed by atoms with E-state index in [9.17, 15) is 14.4 Å². The van der Waals surface area contributed by atoms with Crippen LogP contribution in [-0.2, 0) is 4.74 Å². The molecule has 1 N–H and O–H groups in total. The maximum Gasteiger partial charge on any atom is 0.413 e. The molecule has 0 atom stereocenters. The van der Waals surface area contributed by atoms with Gasteiger partial charge in [0.2, 0.25) is 0 Å². The van der Waals surface area contributed by atoms with E-state index in [2.05, 4.69) is 29.4 Å².